The Bertz CT molecular complexity index is 843. The molecule has 9 heteroatoms. The van der Waals surface area contributed by atoms with Crippen molar-refractivity contribution >= 4 is 11.8 Å². The molecule has 3 aliphatic rings. The van der Waals surface area contributed by atoms with Crippen LogP contribution in [-0.2, 0) is 23.7 Å². The number of likely N-dealkylation sites (tertiary alicyclic amines) is 1. The minimum atomic E-state index is -0.760. The topological polar surface area (TPSA) is 87.7 Å². The first-order chi connectivity index (χ1) is 17.9. The van der Waals surface area contributed by atoms with Crippen LogP contribution in [0.1, 0.15) is 65.7 Å². The molecule has 1 aromatic carbocycles. The van der Waals surface area contributed by atoms with E-state index in [1.54, 1.807) is 31.4 Å². The standard InChI is InChI=1S/C28H44N2O7/c1-5-6-7-8-11-18-33-26-25-24(36-28(2,3)37-25)23(35-26)22(19-30-16-9-10-17-30)34-27(31)29-20-12-14-21(32-4)15-13-20/h12-15,22-26H,5-11,16-19H2,1-4H3,(H,29,31)/t22-,23-,24+,25+,26+/m1/s1. The maximum atomic E-state index is 13.0. The number of carbonyl (C=O) groups is 1. The monoisotopic (exact) mass is 520 g/mol. The molecule has 0 bridgehead atoms. The third-order valence-electron chi connectivity index (χ3n) is 7.17. The summed E-state index contributed by atoms with van der Waals surface area (Å²) in [5, 5.41) is 2.82. The second-order valence-electron chi connectivity index (χ2n) is 10.6. The van der Waals surface area contributed by atoms with E-state index in [0.717, 1.165) is 38.8 Å². The Morgan fingerprint density at radius 3 is 2.49 bits per heavy atom. The van der Waals surface area contributed by atoms with E-state index in [-0.39, 0.29) is 12.2 Å². The van der Waals surface area contributed by atoms with Crippen molar-refractivity contribution in [2.45, 2.75) is 102 Å². The Kier molecular flexibility index (Phi) is 10.1. The molecule has 0 saturated carbocycles. The molecule has 0 aromatic heterocycles. The largest absolute Gasteiger partial charge is 0.497 e. The van der Waals surface area contributed by atoms with Crippen molar-refractivity contribution in [2.75, 3.05) is 38.7 Å². The second-order valence-corrected chi connectivity index (χ2v) is 10.6. The van der Waals surface area contributed by atoms with Crippen molar-refractivity contribution in [1.82, 2.24) is 4.90 Å². The molecule has 0 aliphatic carbocycles. The first-order valence-corrected chi connectivity index (χ1v) is 13.9. The highest BCUT2D eigenvalue weighted by molar-refractivity contribution is 5.84. The molecule has 0 spiro atoms. The van der Waals surface area contributed by atoms with Crippen LogP contribution in [0.15, 0.2) is 24.3 Å². The van der Waals surface area contributed by atoms with E-state index < -0.39 is 30.4 Å². The number of hydrogen-bond donors (Lipinski definition) is 1. The highest BCUT2D eigenvalue weighted by Gasteiger charge is 2.58. The Labute approximate surface area is 221 Å². The summed E-state index contributed by atoms with van der Waals surface area (Å²) in [5.74, 6) is -0.0439. The molecule has 37 heavy (non-hydrogen) atoms. The summed E-state index contributed by atoms with van der Waals surface area (Å²) in [5.41, 5.74) is 0.627. The minimum absolute atomic E-state index is 0.370. The molecule has 4 rings (SSSR count). The Hall–Kier alpha value is -1.91. The van der Waals surface area contributed by atoms with Crippen LogP contribution in [0.2, 0.25) is 0 Å². The predicted octanol–water partition coefficient (Wildman–Crippen LogP) is 4.94. The van der Waals surface area contributed by atoms with Crippen LogP contribution < -0.4 is 10.1 Å². The number of amides is 1. The molecule has 0 unspecified atom stereocenters. The lowest BCUT2D eigenvalue weighted by Crippen LogP contribution is -2.47. The molecule has 3 aliphatic heterocycles. The lowest BCUT2D eigenvalue weighted by molar-refractivity contribution is -0.243. The Balaban J connectivity index is 1.42. The summed E-state index contributed by atoms with van der Waals surface area (Å²) in [7, 11) is 1.61. The van der Waals surface area contributed by atoms with E-state index in [1.165, 1.54) is 19.3 Å². The highest BCUT2D eigenvalue weighted by atomic mass is 16.8. The van der Waals surface area contributed by atoms with Crippen LogP contribution in [0.3, 0.4) is 0 Å². The van der Waals surface area contributed by atoms with Gasteiger partial charge in [0.2, 0.25) is 0 Å². The fourth-order valence-electron chi connectivity index (χ4n) is 5.32. The van der Waals surface area contributed by atoms with Gasteiger partial charge >= 0.3 is 6.09 Å². The first kappa shape index (κ1) is 28.1. The molecule has 208 valence electrons. The molecular formula is C28H44N2O7. The van der Waals surface area contributed by atoms with Crippen LogP contribution in [0, 0.1) is 0 Å². The molecule has 3 saturated heterocycles. The van der Waals surface area contributed by atoms with E-state index in [2.05, 4.69) is 17.1 Å². The number of unbranched alkanes of at least 4 members (excludes halogenated alkanes) is 4. The number of benzene rings is 1. The van der Waals surface area contributed by atoms with Gasteiger partial charge in [-0.25, -0.2) is 4.79 Å². The van der Waals surface area contributed by atoms with Crippen molar-refractivity contribution < 1.29 is 33.2 Å². The zero-order valence-corrected chi connectivity index (χ0v) is 22.8. The quantitative estimate of drug-likeness (QED) is 0.366. The number of nitrogens with one attached hydrogen (secondary N) is 1. The molecule has 1 aromatic rings. The lowest BCUT2D eigenvalue weighted by Gasteiger charge is -2.31. The van der Waals surface area contributed by atoms with Gasteiger partial charge in [0, 0.05) is 18.8 Å². The number of rotatable bonds is 13. The van der Waals surface area contributed by atoms with Gasteiger partial charge in [-0.1, -0.05) is 32.6 Å². The van der Waals surface area contributed by atoms with Crippen LogP contribution in [0.25, 0.3) is 0 Å². The molecule has 3 heterocycles. The van der Waals surface area contributed by atoms with Crippen molar-refractivity contribution in [1.29, 1.82) is 0 Å². The number of hydrogen-bond acceptors (Lipinski definition) is 8. The van der Waals surface area contributed by atoms with Crippen molar-refractivity contribution in [3.8, 4) is 5.75 Å². The summed E-state index contributed by atoms with van der Waals surface area (Å²) >= 11 is 0. The highest BCUT2D eigenvalue weighted by Crippen LogP contribution is 2.41. The normalized spacial score (nSPS) is 27.7. The fourth-order valence-corrected chi connectivity index (χ4v) is 5.32. The molecule has 1 N–H and O–H groups in total. The Morgan fingerprint density at radius 1 is 1.08 bits per heavy atom. The van der Waals surface area contributed by atoms with Crippen molar-refractivity contribution in [2.24, 2.45) is 0 Å². The van der Waals surface area contributed by atoms with E-state index in [1.807, 2.05) is 13.8 Å². The van der Waals surface area contributed by atoms with E-state index in [4.69, 9.17) is 28.4 Å². The van der Waals surface area contributed by atoms with Crippen molar-refractivity contribution in [3.63, 3.8) is 0 Å². The molecule has 1 amide bonds. The van der Waals surface area contributed by atoms with Gasteiger partial charge in [0.05, 0.1) is 7.11 Å². The second kappa shape index (κ2) is 13.2. The maximum Gasteiger partial charge on any atom is 0.412 e. The summed E-state index contributed by atoms with van der Waals surface area (Å²) in [6.45, 7) is 9.12. The van der Waals surface area contributed by atoms with Gasteiger partial charge in [-0.15, -0.1) is 0 Å². The zero-order chi connectivity index (χ0) is 26.3. The van der Waals surface area contributed by atoms with Gasteiger partial charge < -0.3 is 28.4 Å². The molecular weight excluding hydrogens is 476 g/mol. The van der Waals surface area contributed by atoms with Gasteiger partial charge in [-0.3, -0.25) is 10.2 Å². The number of carbonyl (C=O) groups excluding carboxylic acids is 1. The predicted molar refractivity (Wildman–Crippen MR) is 140 cm³/mol. The van der Waals surface area contributed by atoms with Crippen LogP contribution in [-0.4, -0.2) is 80.8 Å². The van der Waals surface area contributed by atoms with E-state index in [0.29, 0.717) is 24.6 Å². The average molecular weight is 521 g/mol. The van der Waals surface area contributed by atoms with Gasteiger partial charge in [0.25, 0.3) is 0 Å². The number of methoxy groups -OCH3 is 1. The number of ether oxygens (including phenoxy) is 6. The van der Waals surface area contributed by atoms with E-state index in [9.17, 15) is 4.79 Å². The molecule has 9 nitrogen and oxygen atoms in total. The summed E-state index contributed by atoms with van der Waals surface area (Å²) in [4.78, 5) is 15.3. The third kappa shape index (κ3) is 7.80. The summed E-state index contributed by atoms with van der Waals surface area (Å²) in [6, 6.07) is 7.13. The van der Waals surface area contributed by atoms with Crippen LogP contribution in [0.5, 0.6) is 5.75 Å². The maximum absolute atomic E-state index is 13.0. The average Bonchev–Trinajstić information content (AvgIpc) is 3.57. The SMILES string of the molecule is CCCCCCCO[C@H]1O[C@H]([C@@H](CN2CCCC2)OC(=O)Nc2ccc(OC)cc2)[C@@H]2OC(C)(C)O[C@H]12. The van der Waals surface area contributed by atoms with Crippen molar-refractivity contribution in [3.05, 3.63) is 24.3 Å². The van der Waals surface area contributed by atoms with Crippen LogP contribution >= 0.6 is 0 Å². The van der Waals surface area contributed by atoms with Gasteiger partial charge in [0.1, 0.15) is 30.2 Å². The molecule has 0 radical (unpaired) electrons. The van der Waals surface area contributed by atoms with Gasteiger partial charge in [0.15, 0.2) is 12.1 Å². The minimum Gasteiger partial charge on any atom is -0.497 e. The fraction of sp³-hybridized carbons (Fsp3) is 0.750. The smallest absolute Gasteiger partial charge is 0.412 e. The summed E-state index contributed by atoms with van der Waals surface area (Å²) < 4.78 is 36.2. The van der Waals surface area contributed by atoms with E-state index >= 15 is 0 Å². The first-order valence-electron chi connectivity index (χ1n) is 13.9. The Morgan fingerprint density at radius 2 is 1.78 bits per heavy atom. The number of fused-ring (bicyclic) bond motifs is 1. The summed E-state index contributed by atoms with van der Waals surface area (Å²) in [6.07, 6.45) is 5.15. The molecule has 3 fully saturated rings. The van der Waals surface area contributed by atoms with Crippen LogP contribution in [0.4, 0.5) is 10.5 Å². The van der Waals surface area contributed by atoms with Gasteiger partial charge in [-0.2, -0.15) is 0 Å². The molecule has 5 atom stereocenters. The number of anilines is 1. The zero-order valence-electron chi connectivity index (χ0n) is 22.8. The van der Waals surface area contributed by atoms with Gasteiger partial charge in [-0.05, 0) is 70.5 Å². The third-order valence-corrected chi connectivity index (χ3v) is 7.17. The lowest BCUT2D eigenvalue weighted by atomic mass is 10.1. The number of nitrogens with zero attached hydrogens (tertiary/aromatic N) is 1.